The van der Waals surface area contributed by atoms with E-state index in [4.69, 9.17) is 14.5 Å². The standard InChI is InChI=1S/C22H30N6O3/c1-30-17-6-7-18(19(16-17)31-2)24-22(29)28-14-12-26(13-15-28)20-8-9-23-21(25-20)27-10-4-3-5-11-27/h6-9,16H,3-5,10-15H2,1-2H3,(H,24,29). The predicted octanol–water partition coefficient (Wildman–Crippen LogP) is 2.84. The first-order valence-electron chi connectivity index (χ1n) is 10.8. The molecule has 31 heavy (non-hydrogen) atoms. The fraction of sp³-hybridized carbons (Fsp3) is 0.500. The molecule has 0 unspecified atom stereocenters. The number of urea groups is 1. The van der Waals surface area contributed by atoms with E-state index in [-0.39, 0.29) is 6.03 Å². The highest BCUT2D eigenvalue weighted by Crippen LogP contribution is 2.29. The van der Waals surface area contributed by atoms with E-state index in [1.54, 1.807) is 32.4 Å². The molecule has 9 nitrogen and oxygen atoms in total. The summed E-state index contributed by atoms with van der Waals surface area (Å²) < 4.78 is 10.6. The van der Waals surface area contributed by atoms with Crippen LogP contribution in [0.1, 0.15) is 19.3 Å². The summed E-state index contributed by atoms with van der Waals surface area (Å²) in [5, 5.41) is 2.94. The van der Waals surface area contributed by atoms with Crippen LogP contribution in [0, 0.1) is 0 Å². The Balaban J connectivity index is 1.35. The van der Waals surface area contributed by atoms with Gasteiger partial charge < -0.3 is 29.5 Å². The molecule has 4 rings (SSSR count). The second kappa shape index (κ2) is 9.72. The average molecular weight is 427 g/mol. The number of nitrogens with zero attached hydrogens (tertiary/aromatic N) is 5. The summed E-state index contributed by atoms with van der Waals surface area (Å²) in [7, 11) is 3.17. The van der Waals surface area contributed by atoms with Crippen LogP contribution in [0.4, 0.5) is 22.2 Å². The summed E-state index contributed by atoms with van der Waals surface area (Å²) in [6.07, 6.45) is 5.50. The molecule has 9 heteroatoms. The number of carbonyl (C=O) groups excluding carboxylic acids is 1. The van der Waals surface area contributed by atoms with Gasteiger partial charge in [0.25, 0.3) is 0 Å². The average Bonchev–Trinajstić information content (AvgIpc) is 2.85. The molecular weight excluding hydrogens is 396 g/mol. The monoisotopic (exact) mass is 426 g/mol. The Morgan fingerprint density at radius 1 is 0.935 bits per heavy atom. The van der Waals surface area contributed by atoms with Crippen LogP contribution in [0.25, 0.3) is 0 Å². The number of benzene rings is 1. The zero-order valence-electron chi connectivity index (χ0n) is 18.2. The molecule has 0 radical (unpaired) electrons. The first-order chi connectivity index (χ1) is 15.2. The molecule has 1 aromatic heterocycles. The summed E-state index contributed by atoms with van der Waals surface area (Å²) >= 11 is 0. The van der Waals surface area contributed by atoms with Gasteiger partial charge in [0.2, 0.25) is 5.95 Å². The molecule has 0 aliphatic carbocycles. The van der Waals surface area contributed by atoms with Crippen molar-refractivity contribution in [2.24, 2.45) is 0 Å². The number of ether oxygens (including phenoxy) is 2. The molecular formula is C22H30N6O3. The molecule has 3 heterocycles. The van der Waals surface area contributed by atoms with Gasteiger partial charge in [0.15, 0.2) is 0 Å². The van der Waals surface area contributed by atoms with E-state index in [9.17, 15) is 4.79 Å². The van der Waals surface area contributed by atoms with Gasteiger partial charge in [0.05, 0.1) is 19.9 Å². The molecule has 2 fully saturated rings. The quantitative estimate of drug-likeness (QED) is 0.787. The van der Waals surface area contributed by atoms with Crippen LogP contribution >= 0.6 is 0 Å². The number of piperazine rings is 1. The summed E-state index contributed by atoms with van der Waals surface area (Å²) in [5.41, 5.74) is 0.623. The first-order valence-corrected chi connectivity index (χ1v) is 10.8. The highest BCUT2D eigenvalue weighted by atomic mass is 16.5. The lowest BCUT2D eigenvalue weighted by molar-refractivity contribution is 0.208. The lowest BCUT2D eigenvalue weighted by atomic mass is 10.1. The van der Waals surface area contributed by atoms with E-state index >= 15 is 0 Å². The van der Waals surface area contributed by atoms with Gasteiger partial charge >= 0.3 is 6.03 Å². The minimum atomic E-state index is -0.139. The largest absolute Gasteiger partial charge is 0.497 e. The third-order valence-electron chi connectivity index (χ3n) is 5.81. The first kappa shape index (κ1) is 21.0. The number of hydrogen-bond acceptors (Lipinski definition) is 7. The number of methoxy groups -OCH3 is 2. The number of rotatable bonds is 5. The molecule has 2 aliphatic heterocycles. The van der Waals surface area contributed by atoms with Crippen molar-refractivity contribution in [1.29, 1.82) is 0 Å². The fourth-order valence-electron chi connectivity index (χ4n) is 4.00. The van der Waals surface area contributed by atoms with Crippen molar-refractivity contribution < 1.29 is 14.3 Å². The molecule has 2 amide bonds. The lowest BCUT2D eigenvalue weighted by Crippen LogP contribution is -2.50. The molecule has 1 N–H and O–H groups in total. The number of hydrogen-bond donors (Lipinski definition) is 1. The zero-order chi connectivity index (χ0) is 21.6. The Kier molecular flexibility index (Phi) is 6.59. The molecule has 1 aromatic carbocycles. The van der Waals surface area contributed by atoms with Crippen LogP contribution in [0.2, 0.25) is 0 Å². The number of amides is 2. The molecule has 0 atom stereocenters. The van der Waals surface area contributed by atoms with Gasteiger partial charge in [-0.2, -0.15) is 4.98 Å². The van der Waals surface area contributed by atoms with Crippen molar-refractivity contribution in [3.8, 4) is 11.5 Å². The summed E-state index contributed by atoms with van der Waals surface area (Å²) in [6.45, 7) is 4.73. The maximum Gasteiger partial charge on any atom is 0.322 e. The maximum atomic E-state index is 12.8. The van der Waals surface area contributed by atoms with Crippen LogP contribution in [0.5, 0.6) is 11.5 Å². The van der Waals surface area contributed by atoms with Crippen LogP contribution in [-0.4, -0.2) is 74.4 Å². The van der Waals surface area contributed by atoms with Crippen molar-refractivity contribution in [2.45, 2.75) is 19.3 Å². The summed E-state index contributed by atoms with van der Waals surface area (Å²) in [4.78, 5) is 28.3. The third-order valence-corrected chi connectivity index (χ3v) is 5.81. The van der Waals surface area contributed by atoms with E-state index in [1.807, 2.05) is 17.2 Å². The van der Waals surface area contributed by atoms with Crippen molar-refractivity contribution >= 4 is 23.5 Å². The lowest BCUT2D eigenvalue weighted by Gasteiger charge is -2.36. The topological polar surface area (TPSA) is 83.1 Å². The smallest absolute Gasteiger partial charge is 0.322 e. The van der Waals surface area contributed by atoms with Gasteiger partial charge in [-0.25, -0.2) is 9.78 Å². The maximum absolute atomic E-state index is 12.8. The molecule has 0 spiro atoms. The molecule has 0 saturated carbocycles. The van der Waals surface area contributed by atoms with Gasteiger partial charge in [-0.15, -0.1) is 0 Å². The Morgan fingerprint density at radius 2 is 1.71 bits per heavy atom. The summed E-state index contributed by atoms with van der Waals surface area (Å²) in [6, 6.07) is 7.15. The SMILES string of the molecule is COc1ccc(NC(=O)N2CCN(c3ccnc(N4CCCCC4)n3)CC2)c(OC)c1. The summed E-state index contributed by atoms with van der Waals surface area (Å²) in [5.74, 6) is 2.98. The number of carbonyl (C=O) groups is 1. The molecule has 0 bridgehead atoms. The molecule has 2 aliphatic rings. The van der Waals surface area contributed by atoms with Gasteiger partial charge in [-0.3, -0.25) is 0 Å². The van der Waals surface area contributed by atoms with E-state index in [2.05, 4.69) is 20.1 Å². The Hall–Kier alpha value is -3.23. The van der Waals surface area contributed by atoms with E-state index in [0.717, 1.165) is 37.9 Å². The Morgan fingerprint density at radius 3 is 2.42 bits per heavy atom. The van der Waals surface area contributed by atoms with Crippen molar-refractivity contribution in [3.63, 3.8) is 0 Å². The second-order valence-corrected chi connectivity index (χ2v) is 7.73. The van der Waals surface area contributed by atoms with Crippen LogP contribution in [-0.2, 0) is 0 Å². The second-order valence-electron chi connectivity index (χ2n) is 7.73. The molecule has 166 valence electrons. The molecule has 2 aromatic rings. The predicted molar refractivity (Wildman–Crippen MR) is 120 cm³/mol. The van der Waals surface area contributed by atoms with Crippen molar-refractivity contribution in [3.05, 3.63) is 30.5 Å². The highest BCUT2D eigenvalue weighted by molar-refractivity contribution is 5.91. The zero-order valence-corrected chi connectivity index (χ0v) is 18.2. The Labute approximate surface area is 183 Å². The normalized spacial score (nSPS) is 16.8. The molecule has 2 saturated heterocycles. The van der Waals surface area contributed by atoms with Gasteiger partial charge in [-0.1, -0.05) is 0 Å². The van der Waals surface area contributed by atoms with Crippen LogP contribution in [0.15, 0.2) is 30.5 Å². The van der Waals surface area contributed by atoms with E-state index in [0.29, 0.717) is 30.3 Å². The van der Waals surface area contributed by atoms with Crippen LogP contribution < -0.4 is 24.6 Å². The van der Waals surface area contributed by atoms with E-state index in [1.165, 1.54) is 19.3 Å². The number of nitrogens with one attached hydrogen (secondary N) is 1. The fourth-order valence-corrected chi connectivity index (χ4v) is 4.00. The van der Waals surface area contributed by atoms with Gasteiger partial charge in [0, 0.05) is 51.5 Å². The number of piperidine rings is 1. The minimum Gasteiger partial charge on any atom is -0.497 e. The Bertz CT molecular complexity index is 895. The minimum absolute atomic E-state index is 0.139. The van der Waals surface area contributed by atoms with Crippen molar-refractivity contribution in [1.82, 2.24) is 14.9 Å². The highest BCUT2D eigenvalue weighted by Gasteiger charge is 2.24. The van der Waals surface area contributed by atoms with Gasteiger partial charge in [-0.05, 0) is 37.5 Å². The van der Waals surface area contributed by atoms with Gasteiger partial charge in [0.1, 0.15) is 17.3 Å². The van der Waals surface area contributed by atoms with Crippen LogP contribution in [0.3, 0.4) is 0 Å². The third kappa shape index (κ3) is 4.92. The van der Waals surface area contributed by atoms with E-state index < -0.39 is 0 Å². The van der Waals surface area contributed by atoms with Crippen molar-refractivity contribution in [2.75, 3.05) is 68.6 Å². The number of aromatic nitrogens is 2. The number of anilines is 3.